The zero-order chi connectivity index (χ0) is 19.1. The van der Waals surface area contributed by atoms with E-state index in [1.54, 1.807) is 0 Å². The fourth-order valence-electron chi connectivity index (χ4n) is 3.29. The normalized spacial score (nSPS) is 11.5. The monoisotopic (exact) mass is 374 g/mol. The van der Waals surface area contributed by atoms with Gasteiger partial charge < -0.3 is 24.5 Å². The van der Waals surface area contributed by atoms with Crippen LogP contribution in [0.5, 0.6) is 0 Å². The lowest BCUT2D eigenvalue weighted by atomic mass is 10.3. The maximum atomic E-state index is 5.89. The number of rotatable bonds is 5. The molecule has 9 nitrogen and oxygen atoms in total. The summed E-state index contributed by atoms with van der Waals surface area (Å²) in [7, 11) is 0. The molecular weight excluding hydrogens is 356 g/mol. The third-order valence-electron chi connectivity index (χ3n) is 4.49. The molecule has 0 aliphatic rings. The molecule has 0 radical (unpaired) electrons. The van der Waals surface area contributed by atoms with E-state index >= 15 is 0 Å². The summed E-state index contributed by atoms with van der Waals surface area (Å²) >= 11 is 0. The van der Waals surface area contributed by atoms with Crippen molar-refractivity contribution in [1.29, 1.82) is 0 Å². The zero-order valence-electron chi connectivity index (χ0n) is 15.2. The van der Waals surface area contributed by atoms with Gasteiger partial charge in [-0.1, -0.05) is 11.2 Å². The van der Waals surface area contributed by atoms with Crippen molar-refractivity contribution < 1.29 is 4.52 Å². The highest BCUT2D eigenvalue weighted by atomic mass is 16.5. The highest BCUT2D eigenvalue weighted by Gasteiger charge is 2.13. The fraction of sp³-hybridized carbons (Fsp3) is 0.158. The first-order chi connectivity index (χ1) is 13.7. The summed E-state index contributed by atoms with van der Waals surface area (Å²) in [6, 6.07) is 9.74. The minimum Gasteiger partial charge on any atom is -0.368 e. The van der Waals surface area contributed by atoms with Crippen LogP contribution < -0.4 is 11.1 Å². The second-order valence-corrected chi connectivity index (χ2v) is 6.59. The number of nitrogens with two attached hydrogens (primary N) is 1. The number of hydrogen-bond acceptors (Lipinski definition) is 7. The molecule has 140 valence electrons. The molecule has 0 unspecified atom stereocenters. The van der Waals surface area contributed by atoms with Gasteiger partial charge in [-0.05, 0) is 25.1 Å². The van der Waals surface area contributed by atoms with E-state index in [1.165, 1.54) is 0 Å². The summed E-state index contributed by atoms with van der Waals surface area (Å²) in [5, 5.41) is 7.30. The van der Waals surface area contributed by atoms with E-state index in [9.17, 15) is 0 Å². The standard InChI is InChI=1S/C19H18N8O/c1-12-8-13(25-28-12)9-21-18-17-15(23-19(20)24-18)5-7-27(17)11-14-10-26-6-3-2-4-16(26)22-14/h2-8,10H,9,11H2,1H3,(H3,20,21,23,24). The van der Waals surface area contributed by atoms with E-state index < -0.39 is 0 Å². The third-order valence-corrected chi connectivity index (χ3v) is 4.49. The summed E-state index contributed by atoms with van der Waals surface area (Å²) < 4.78 is 9.18. The third kappa shape index (κ3) is 2.92. The van der Waals surface area contributed by atoms with Gasteiger partial charge in [-0.25, -0.2) is 9.97 Å². The maximum Gasteiger partial charge on any atom is 0.222 e. The number of nitrogen functional groups attached to an aromatic ring is 1. The van der Waals surface area contributed by atoms with Crippen molar-refractivity contribution in [3.8, 4) is 0 Å². The van der Waals surface area contributed by atoms with E-state index in [2.05, 4.69) is 30.0 Å². The maximum absolute atomic E-state index is 5.89. The molecule has 0 saturated heterocycles. The molecule has 0 aliphatic carbocycles. The van der Waals surface area contributed by atoms with Gasteiger partial charge in [0.25, 0.3) is 0 Å². The van der Waals surface area contributed by atoms with Crippen molar-refractivity contribution in [3.05, 3.63) is 66.1 Å². The van der Waals surface area contributed by atoms with Crippen LogP contribution in [0.3, 0.4) is 0 Å². The second-order valence-electron chi connectivity index (χ2n) is 6.59. The van der Waals surface area contributed by atoms with Gasteiger partial charge in [0.05, 0.1) is 24.3 Å². The Morgan fingerprint density at radius 1 is 1.11 bits per heavy atom. The summed E-state index contributed by atoms with van der Waals surface area (Å²) in [4.78, 5) is 13.4. The first-order valence-corrected chi connectivity index (χ1v) is 8.87. The molecule has 0 bridgehead atoms. The predicted molar refractivity (Wildman–Crippen MR) is 105 cm³/mol. The van der Waals surface area contributed by atoms with Gasteiger partial charge in [0.15, 0.2) is 5.82 Å². The lowest BCUT2D eigenvalue weighted by Gasteiger charge is -2.09. The van der Waals surface area contributed by atoms with Crippen LogP contribution in [0.4, 0.5) is 11.8 Å². The molecule has 5 aromatic heterocycles. The number of pyridine rings is 1. The van der Waals surface area contributed by atoms with Crippen LogP contribution in [0.15, 0.2) is 53.4 Å². The van der Waals surface area contributed by atoms with Gasteiger partial charge in [0, 0.05) is 24.7 Å². The van der Waals surface area contributed by atoms with Crippen molar-refractivity contribution in [1.82, 2.24) is 29.1 Å². The first kappa shape index (κ1) is 16.3. The molecule has 0 aliphatic heterocycles. The highest BCUT2D eigenvalue weighted by Crippen LogP contribution is 2.24. The highest BCUT2D eigenvalue weighted by molar-refractivity contribution is 5.87. The molecule has 0 spiro atoms. The SMILES string of the molecule is Cc1cc(CNc2nc(N)nc3ccn(Cc4cn5ccccc5n4)c23)no1. The first-order valence-electron chi connectivity index (χ1n) is 8.87. The molecule has 0 amide bonds. The summed E-state index contributed by atoms with van der Waals surface area (Å²) in [6.45, 7) is 2.93. The molecule has 0 saturated carbocycles. The Balaban J connectivity index is 1.50. The Morgan fingerprint density at radius 2 is 2.04 bits per heavy atom. The van der Waals surface area contributed by atoms with E-state index in [-0.39, 0.29) is 5.95 Å². The Bertz CT molecular complexity index is 1250. The Morgan fingerprint density at radius 3 is 2.86 bits per heavy atom. The number of anilines is 2. The van der Waals surface area contributed by atoms with Crippen molar-refractivity contribution in [2.75, 3.05) is 11.1 Å². The number of hydrogen-bond donors (Lipinski definition) is 2. The summed E-state index contributed by atoms with van der Waals surface area (Å²) in [6.07, 6.45) is 5.97. The Labute approximate surface area is 159 Å². The Hall–Kier alpha value is -3.88. The smallest absolute Gasteiger partial charge is 0.222 e. The van der Waals surface area contributed by atoms with Gasteiger partial charge >= 0.3 is 0 Å². The van der Waals surface area contributed by atoms with Gasteiger partial charge in [-0.2, -0.15) is 4.98 Å². The van der Waals surface area contributed by atoms with Crippen LogP contribution in [-0.4, -0.2) is 29.1 Å². The number of nitrogens with zero attached hydrogens (tertiary/aromatic N) is 6. The molecule has 0 aromatic carbocycles. The van der Waals surface area contributed by atoms with Crippen LogP contribution in [0.2, 0.25) is 0 Å². The molecule has 0 fully saturated rings. The predicted octanol–water partition coefficient (Wildman–Crippen LogP) is 2.62. The van der Waals surface area contributed by atoms with Gasteiger partial charge in [-0.3, -0.25) is 0 Å². The average Bonchev–Trinajstić information content (AvgIpc) is 3.38. The lowest BCUT2D eigenvalue weighted by molar-refractivity contribution is 0.391. The molecule has 5 aromatic rings. The van der Waals surface area contributed by atoms with Gasteiger partial charge in [0.2, 0.25) is 5.95 Å². The van der Waals surface area contributed by atoms with Crippen molar-refractivity contribution in [3.63, 3.8) is 0 Å². The van der Waals surface area contributed by atoms with Crippen molar-refractivity contribution in [2.45, 2.75) is 20.0 Å². The topological polar surface area (TPSA) is 112 Å². The fourth-order valence-corrected chi connectivity index (χ4v) is 3.29. The molecule has 9 heteroatoms. The van der Waals surface area contributed by atoms with Gasteiger partial charge in [-0.15, -0.1) is 0 Å². The molecule has 28 heavy (non-hydrogen) atoms. The average molecular weight is 374 g/mol. The number of aromatic nitrogens is 6. The minimum absolute atomic E-state index is 0.219. The van der Waals surface area contributed by atoms with Crippen molar-refractivity contribution >= 4 is 28.4 Å². The van der Waals surface area contributed by atoms with Crippen LogP contribution in [0, 0.1) is 6.92 Å². The number of imidazole rings is 1. The van der Waals surface area contributed by atoms with E-state index in [1.807, 2.05) is 60.2 Å². The largest absolute Gasteiger partial charge is 0.368 e. The van der Waals surface area contributed by atoms with Crippen LogP contribution in [0.1, 0.15) is 17.1 Å². The number of nitrogens with one attached hydrogen (secondary N) is 1. The van der Waals surface area contributed by atoms with Crippen molar-refractivity contribution in [2.24, 2.45) is 0 Å². The quantitative estimate of drug-likeness (QED) is 0.486. The molecule has 5 heterocycles. The molecule has 5 rings (SSSR count). The van der Waals surface area contributed by atoms with E-state index in [0.29, 0.717) is 18.9 Å². The molecule has 3 N–H and O–H groups in total. The summed E-state index contributed by atoms with van der Waals surface area (Å²) in [5.74, 6) is 1.63. The number of fused-ring (bicyclic) bond motifs is 2. The van der Waals surface area contributed by atoms with E-state index in [0.717, 1.165) is 33.8 Å². The van der Waals surface area contributed by atoms with Crippen LogP contribution >= 0.6 is 0 Å². The molecular formula is C19H18N8O. The van der Waals surface area contributed by atoms with Gasteiger partial charge in [0.1, 0.15) is 22.6 Å². The lowest BCUT2D eigenvalue weighted by Crippen LogP contribution is -2.08. The zero-order valence-corrected chi connectivity index (χ0v) is 15.2. The van der Waals surface area contributed by atoms with Crippen LogP contribution in [0.25, 0.3) is 16.7 Å². The molecule has 0 atom stereocenters. The summed E-state index contributed by atoms with van der Waals surface area (Å²) in [5.41, 5.74) is 10.2. The number of aryl methyl sites for hydroxylation is 1. The van der Waals surface area contributed by atoms with E-state index in [4.69, 9.17) is 10.3 Å². The van der Waals surface area contributed by atoms with Crippen LogP contribution in [-0.2, 0) is 13.1 Å². The minimum atomic E-state index is 0.219. The second kappa shape index (κ2) is 6.38. The Kier molecular flexibility index (Phi) is 3.71.